The smallest absolute Gasteiger partial charge is 0.317 e. The molecule has 2 aliphatic rings. The standard InChI is InChI=1S/C16H25FN.C15H26N.C14H28N2O.C13H28N2O2.C11H22O2.C9H22NO.C8H17NO2.2C8H20N.3BrH.ClH.HI/c1-16(2,3)13-18(10-4-5-11-18)12-14-6-8-15(17)9-7-14;1-13-7-9-14(10-8-13)11-16(5,6)12-15(2,3)4;1-12(17)14(5,6)16-9-7-15(8-10-16)11-13(2,3)4;1-6-14(7-2)8-9-15(10-12(16)17)11-13(3,4)5;1-10(2,3)7-8-11(4,5)9(12)13-6;1-9(2,3)8-10(4,5)6-7-11;1-8(2,3)6-9(4)5-7(10)11;2*1-8(2,3)7-9(4,5)6;;;;;/h6-9H,4-5,10-13H2,1-3H3;7-10H,11-12H2,1-6H3;7-11H2,1-6H3;6-11H2,1-5H3,(H,16,17);7-8H2,1-6H3;11H,6-8H2,1-5H3;5-6H2,1-4H3,(H,10,11);2*7H2,1-6H3;5*1H/q2*+1;;;;+1;;2*+1;;;;;/p-5. The average Bonchev–Trinajstić information content (AvgIpc) is 1.41. The van der Waals surface area contributed by atoms with Crippen molar-refractivity contribution in [2.75, 3.05) is 229 Å². The summed E-state index contributed by atoms with van der Waals surface area (Å²) < 4.78 is 22.9. The molecular weight excluding hydrogens is 1910 g/mol. The van der Waals surface area contributed by atoms with Gasteiger partial charge in [0.05, 0.1) is 154 Å². The number of benzene rings is 2. The predicted molar refractivity (Wildman–Crippen MR) is 521 cm³/mol. The quantitative estimate of drug-likeness (QED) is 0.0594. The van der Waals surface area contributed by atoms with Crippen molar-refractivity contribution < 1.29 is 153 Å². The van der Waals surface area contributed by atoms with E-state index in [9.17, 15) is 23.6 Å². The fraction of sp³-hybridized carbons (Fsp3) is 0.843. The topological polar surface area (TPSA) is 154 Å². The highest BCUT2D eigenvalue weighted by molar-refractivity contribution is 5.85. The van der Waals surface area contributed by atoms with Gasteiger partial charge < -0.3 is 140 Å². The fourth-order valence-electron chi connectivity index (χ4n) is 16.8. The van der Waals surface area contributed by atoms with Gasteiger partial charge in [-0.2, -0.15) is 0 Å². The number of carbonyl (C=O) groups excluding carboxylic acids is 2. The molecule has 0 bridgehead atoms. The van der Waals surface area contributed by atoms with Crippen LogP contribution in [0.3, 0.4) is 0 Å². The number of likely N-dealkylation sites (tertiary alicyclic amines) is 1. The predicted octanol–water partition coefficient (Wildman–Crippen LogP) is 5.04. The maximum absolute atomic E-state index is 13.0. The lowest BCUT2D eigenvalue weighted by Crippen LogP contribution is -3.00. The van der Waals surface area contributed by atoms with E-state index in [-0.39, 0.29) is 152 Å². The number of ketones is 1. The van der Waals surface area contributed by atoms with E-state index in [4.69, 9.17) is 20.1 Å². The number of nitrogens with zero attached hydrogens (tertiary/aromatic N) is 10. The van der Waals surface area contributed by atoms with Crippen LogP contribution in [0, 0.1) is 66.9 Å². The summed E-state index contributed by atoms with van der Waals surface area (Å²) >= 11 is 0. The Balaban J connectivity index is -0.000000151. The number of carbonyl (C=O) groups is 4. The summed E-state index contributed by atoms with van der Waals surface area (Å²) in [7, 11) is 25.6. The van der Waals surface area contributed by atoms with E-state index < -0.39 is 11.9 Å². The lowest BCUT2D eigenvalue weighted by atomic mass is 9.80. The number of aliphatic hydroxyl groups excluding tert-OH is 1. The maximum atomic E-state index is 13.0. The van der Waals surface area contributed by atoms with Gasteiger partial charge in [-0.05, 0) is 108 Å². The molecule has 4 rings (SSSR count). The first-order valence-electron chi connectivity index (χ1n) is 45.8. The number of esters is 1. The summed E-state index contributed by atoms with van der Waals surface area (Å²) in [4.78, 5) is 55.0. The Morgan fingerprint density at radius 2 is 0.865 bits per heavy atom. The Hall–Kier alpha value is -1.53. The average molecular weight is 2120 g/mol. The first-order chi connectivity index (χ1) is 53.7. The third-order valence-corrected chi connectivity index (χ3v) is 19.7. The van der Waals surface area contributed by atoms with Crippen LogP contribution < -0.4 is 87.3 Å². The number of hydrogen-bond donors (Lipinski definition) is 3. The number of quaternary nitrogens is 5. The van der Waals surface area contributed by atoms with Crippen molar-refractivity contribution >= 4 is 23.7 Å². The summed E-state index contributed by atoms with van der Waals surface area (Å²) in [6.07, 6.45) is 4.58. The van der Waals surface area contributed by atoms with Gasteiger partial charge in [-0.15, -0.1) is 0 Å². The fourth-order valence-corrected chi connectivity index (χ4v) is 16.8. The number of aliphatic carboxylic acids is 2. The largest absolute Gasteiger partial charge is 1.00 e. The SMILES string of the molecule is CC(=O)C(C)(C)N1CCN(CC(C)(C)C)CC1.CC(C)(C)C[N+](C)(C)C.CC(C)(C)C[N+](C)(C)C.CC(C)(C)C[N+](C)(C)CCO.CC(C)(C)C[N+]1(Cc2ccc(F)cc2)CCCC1.CCN(CC)CCN(CC(=O)O)CC(C)(C)C.CN(CC(=O)O)CC(C)(C)C.COC(=O)C(C)(C)CCC(C)(C)C.Cc1ccc(C[N+](C)(C)CC(C)(C)C)cc1.[Br-].[Br-].[Br-].[Cl-].[I-]. The summed E-state index contributed by atoms with van der Waals surface area (Å²) in [5.74, 6) is -1.49. The van der Waals surface area contributed by atoms with Crippen LogP contribution in [0.1, 0.15) is 278 Å². The normalized spacial score (nSPS) is 14.4. The molecule has 2 heterocycles. The highest BCUT2D eigenvalue weighted by Gasteiger charge is 2.38. The molecule has 2 aliphatic heterocycles. The van der Waals surface area contributed by atoms with Gasteiger partial charge in [-0.1, -0.05) is 243 Å². The van der Waals surface area contributed by atoms with Gasteiger partial charge in [-0.3, -0.25) is 33.9 Å². The minimum absolute atomic E-state index is 0. The Morgan fingerprint density at radius 1 is 0.492 bits per heavy atom. The van der Waals surface area contributed by atoms with Gasteiger partial charge in [0.15, 0.2) is 0 Å². The Bertz CT molecular complexity index is 3060. The Labute approximate surface area is 835 Å². The van der Waals surface area contributed by atoms with E-state index >= 15 is 0 Å². The number of rotatable bonds is 28. The molecule has 3 N–H and O–H groups in total. The second-order valence-electron chi connectivity index (χ2n) is 51.1. The molecule has 0 atom stereocenters. The number of piperazine rings is 1. The van der Waals surface area contributed by atoms with E-state index in [1.165, 1.54) is 80.4 Å². The molecule has 756 valence electrons. The van der Waals surface area contributed by atoms with Gasteiger partial charge >= 0.3 is 17.9 Å². The zero-order valence-corrected chi connectivity index (χ0v) is 98.7. The second kappa shape index (κ2) is 63.7. The number of hydrogen-bond acceptors (Lipinski definition) is 11. The third kappa shape index (κ3) is 91.6. The molecule has 24 heteroatoms. The molecule has 18 nitrogen and oxygen atoms in total. The third-order valence-electron chi connectivity index (χ3n) is 19.7. The molecule has 0 unspecified atom stereocenters. The lowest BCUT2D eigenvalue weighted by Gasteiger charge is -2.44. The van der Waals surface area contributed by atoms with Crippen molar-refractivity contribution in [2.24, 2.45) is 54.1 Å². The minimum atomic E-state index is -0.767. The Kier molecular flexibility index (Phi) is 73.2. The molecule has 2 saturated heterocycles. The number of carboxylic acids is 2. The number of aliphatic hydroxyl groups is 1. The minimum Gasteiger partial charge on any atom is -1.00 e. The van der Waals surface area contributed by atoms with Crippen LogP contribution in [0.5, 0.6) is 0 Å². The van der Waals surface area contributed by atoms with Gasteiger partial charge in [0.1, 0.15) is 31.2 Å². The maximum Gasteiger partial charge on any atom is 0.317 e. The molecule has 2 aromatic carbocycles. The first-order valence-corrected chi connectivity index (χ1v) is 45.8. The summed E-state index contributed by atoms with van der Waals surface area (Å²) in [5, 5.41) is 26.1. The van der Waals surface area contributed by atoms with Crippen LogP contribution in [0.2, 0.25) is 0 Å². The first kappa shape index (κ1) is 145. The number of methoxy groups -OCH3 is 1. The van der Waals surface area contributed by atoms with E-state index in [0.717, 1.165) is 129 Å². The van der Waals surface area contributed by atoms with Crippen molar-refractivity contribution in [1.29, 1.82) is 0 Å². The van der Waals surface area contributed by atoms with E-state index in [0.29, 0.717) is 32.5 Å². The lowest BCUT2D eigenvalue weighted by molar-refractivity contribution is -0.935. The number of carboxylic acid groups (broad SMARTS) is 2. The molecule has 0 spiro atoms. The van der Waals surface area contributed by atoms with Crippen LogP contribution in [-0.4, -0.2) is 320 Å². The molecular formula is C102H208Br3ClFIN10O8. The van der Waals surface area contributed by atoms with Crippen molar-refractivity contribution in [3.8, 4) is 0 Å². The van der Waals surface area contributed by atoms with Crippen LogP contribution in [-0.2, 0) is 37.0 Å². The molecule has 0 aromatic heterocycles. The number of ether oxygens (including phenoxy) is 1. The van der Waals surface area contributed by atoms with Crippen molar-refractivity contribution in [2.45, 2.75) is 287 Å². The molecule has 126 heavy (non-hydrogen) atoms. The van der Waals surface area contributed by atoms with Crippen LogP contribution in [0.25, 0.3) is 0 Å². The van der Waals surface area contributed by atoms with Gasteiger partial charge in [0, 0.05) is 110 Å². The zero-order valence-electron chi connectivity index (χ0n) is 91.0. The monoisotopic (exact) mass is 2120 g/mol. The van der Waals surface area contributed by atoms with Crippen molar-refractivity contribution in [3.63, 3.8) is 0 Å². The number of Topliss-reactive ketones (excluding diaryl/α,β-unsaturated/α-hetero) is 1. The summed E-state index contributed by atoms with van der Waals surface area (Å²) in [5.41, 5.74) is 6.34. The second-order valence-corrected chi connectivity index (χ2v) is 51.1. The van der Waals surface area contributed by atoms with Crippen molar-refractivity contribution in [3.05, 3.63) is 71.0 Å². The number of halogens is 6. The summed E-state index contributed by atoms with van der Waals surface area (Å²) in [6, 6.07) is 15.9. The van der Waals surface area contributed by atoms with Gasteiger partial charge in [0.2, 0.25) is 0 Å². The van der Waals surface area contributed by atoms with Gasteiger partial charge in [-0.25, -0.2) is 4.39 Å². The van der Waals surface area contributed by atoms with Gasteiger partial charge in [0.25, 0.3) is 0 Å². The molecule has 0 saturated carbocycles. The number of aryl methyl sites for hydroxylation is 1. The molecule has 2 aromatic rings. The molecule has 2 fully saturated rings. The summed E-state index contributed by atoms with van der Waals surface area (Å²) in [6.45, 7) is 99.1. The highest BCUT2D eigenvalue weighted by Crippen LogP contribution is 2.33. The van der Waals surface area contributed by atoms with Crippen LogP contribution >= 0.6 is 0 Å². The highest BCUT2D eigenvalue weighted by atomic mass is 127. The molecule has 0 aliphatic carbocycles. The van der Waals surface area contributed by atoms with E-state index in [1.54, 1.807) is 19.1 Å². The molecule has 0 amide bonds. The van der Waals surface area contributed by atoms with Crippen LogP contribution in [0.4, 0.5) is 4.39 Å². The van der Waals surface area contributed by atoms with E-state index in [1.807, 2.05) is 56.7 Å². The van der Waals surface area contributed by atoms with Crippen LogP contribution in [0.15, 0.2) is 48.5 Å². The molecule has 0 radical (unpaired) electrons. The zero-order chi connectivity index (χ0) is 96.7. The number of likely N-dealkylation sites (N-methyl/N-ethyl adjacent to an activating group) is 3. The van der Waals surface area contributed by atoms with E-state index in [2.05, 4.69) is 317 Å². The van der Waals surface area contributed by atoms with Crippen molar-refractivity contribution in [1.82, 2.24) is 24.5 Å². The Morgan fingerprint density at radius 3 is 1.17 bits per heavy atom.